The van der Waals surface area contributed by atoms with Crippen molar-refractivity contribution in [2.24, 2.45) is 0 Å². The second kappa shape index (κ2) is 6.84. The topological polar surface area (TPSA) is 48.6 Å². The molecule has 0 spiro atoms. The molecule has 124 valence electrons. The molecular weight excluding hydrogens is 322 g/mol. The SMILES string of the molecule is O=c1c2c(-c3ccccc3)csc2ncn1CC[NH+]1CCOCC1. The normalized spacial score (nSPS) is 15.8. The molecule has 5 nitrogen and oxygen atoms in total. The molecule has 3 heterocycles. The number of aromatic nitrogens is 2. The van der Waals surface area contributed by atoms with Gasteiger partial charge in [-0.2, -0.15) is 0 Å². The summed E-state index contributed by atoms with van der Waals surface area (Å²) in [4.78, 5) is 19.8. The highest BCUT2D eigenvalue weighted by Gasteiger charge is 2.16. The third kappa shape index (κ3) is 3.00. The van der Waals surface area contributed by atoms with Crippen molar-refractivity contribution < 1.29 is 9.64 Å². The average Bonchev–Trinajstić information content (AvgIpc) is 3.08. The van der Waals surface area contributed by atoms with Crippen LogP contribution >= 0.6 is 11.3 Å². The number of morpholine rings is 1. The molecule has 0 bridgehead atoms. The Labute approximate surface area is 144 Å². The number of fused-ring (bicyclic) bond motifs is 1. The summed E-state index contributed by atoms with van der Waals surface area (Å²) in [5, 5.41) is 2.78. The van der Waals surface area contributed by atoms with Gasteiger partial charge in [-0.05, 0) is 5.56 Å². The van der Waals surface area contributed by atoms with Crippen molar-refractivity contribution in [1.29, 1.82) is 0 Å². The fourth-order valence-corrected chi connectivity index (χ4v) is 4.05. The first-order valence-corrected chi connectivity index (χ1v) is 9.14. The van der Waals surface area contributed by atoms with Crippen LogP contribution in [0, 0.1) is 0 Å². The van der Waals surface area contributed by atoms with Crippen molar-refractivity contribution in [2.75, 3.05) is 32.8 Å². The number of nitrogens with one attached hydrogen (secondary N) is 1. The summed E-state index contributed by atoms with van der Waals surface area (Å²) in [6.07, 6.45) is 1.69. The van der Waals surface area contributed by atoms with Crippen molar-refractivity contribution in [3.8, 4) is 11.1 Å². The zero-order chi connectivity index (χ0) is 16.4. The van der Waals surface area contributed by atoms with E-state index in [0.717, 1.165) is 54.2 Å². The third-order valence-corrected chi connectivity index (χ3v) is 5.44. The minimum atomic E-state index is 0.0627. The van der Waals surface area contributed by atoms with Crippen LogP contribution in [0.4, 0.5) is 0 Å². The zero-order valence-electron chi connectivity index (χ0n) is 13.4. The lowest BCUT2D eigenvalue weighted by molar-refractivity contribution is -0.908. The Kier molecular flexibility index (Phi) is 4.42. The summed E-state index contributed by atoms with van der Waals surface area (Å²) in [5.41, 5.74) is 2.12. The van der Waals surface area contributed by atoms with Crippen LogP contribution in [-0.4, -0.2) is 42.4 Å². The molecule has 1 saturated heterocycles. The van der Waals surface area contributed by atoms with Crippen LogP contribution in [0.1, 0.15) is 0 Å². The molecule has 6 heteroatoms. The number of rotatable bonds is 4. The van der Waals surface area contributed by atoms with Gasteiger partial charge in [-0.15, -0.1) is 11.3 Å². The minimum absolute atomic E-state index is 0.0627. The Balaban J connectivity index is 1.65. The number of hydrogen-bond donors (Lipinski definition) is 1. The summed E-state index contributed by atoms with van der Waals surface area (Å²) in [7, 11) is 0. The van der Waals surface area contributed by atoms with E-state index in [1.807, 2.05) is 35.7 Å². The van der Waals surface area contributed by atoms with E-state index < -0.39 is 0 Å². The molecule has 2 aromatic heterocycles. The van der Waals surface area contributed by atoms with E-state index in [9.17, 15) is 4.79 Å². The van der Waals surface area contributed by atoms with Crippen LogP contribution in [0.2, 0.25) is 0 Å². The van der Waals surface area contributed by atoms with Gasteiger partial charge in [0.15, 0.2) is 0 Å². The maximum absolute atomic E-state index is 13.0. The first kappa shape index (κ1) is 15.5. The van der Waals surface area contributed by atoms with Gasteiger partial charge in [0.05, 0.1) is 38.0 Å². The lowest BCUT2D eigenvalue weighted by Crippen LogP contribution is -3.14. The molecule has 24 heavy (non-hydrogen) atoms. The molecule has 1 aliphatic heterocycles. The van der Waals surface area contributed by atoms with Gasteiger partial charge in [-0.3, -0.25) is 9.36 Å². The van der Waals surface area contributed by atoms with Crippen molar-refractivity contribution in [3.63, 3.8) is 0 Å². The molecule has 0 amide bonds. The molecule has 1 aliphatic rings. The van der Waals surface area contributed by atoms with Crippen molar-refractivity contribution >= 4 is 21.6 Å². The molecular formula is C18H20N3O2S+. The Hall–Kier alpha value is -2.02. The summed E-state index contributed by atoms with van der Waals surface area (Å²) >= 11 is 1.53. The van der Waals surface area contributed by atoms with Gasteiger partial charge in [-0.1, -0.05) is 30.3 Å². The van der Waals surface area contributed by atoms with Gasteiger partial charge in [0.2, 0.25) is 0 Å². The predicted molar refractivity (Wildman–Crippen MR) is 95.7 cm³/mol. The second-order valence-corrected chi connectivity index (χ2v) is 6.91. The molecule has 1 aromatic carbocycles. The predicted octanol–water partition coefficient (Wildman–Crippen LogP) is 1.04. The van der Waals surface area contributed by atoms with E-state index in [-0.39, 0.29) is 5.56 Å². The smallest absolute Gasteiger partial charge is 0.262 e. The summed E-state index contributed by atoms with van der Waals surface area (Å²) in [5.74, 6) is 0. The molecule has 0 saturated carbocycles. The summed E-state index contributed by atoms with van der Waals surface area (Å²) in [6.45, 7) is 5.27. The highest BCUT2D eigenvalue weighted by molar-refractivity contribution is 7.17. The van der Waals surface area contributed by atoms with E-state index in [1.54, 1.807) is 10.9 Å². The van der Waals surface area contributed by atoms with Gasteiger partial charge in [0.1, 0.15) is 17.9 Å². The third-order valence-electron chi connectivity index (χ3n) is 4.55. The maximum Gasteiger partial charge on any atom is 0.262 e. The number of hydrogen-bond acceptors (Lipinski definition) is 4. The van der Waals surface area contributed by atoms with Gasteiger partial charge in [-0.25, -0.2) is 4.98 Å². The average molecular weight is 342 g/mol. The molecule has 0 unspecified atom stereocenters. The van der Waals surface area contributed by atoms with Crippen molar-refractivity contribution in [3.05, 3.63) is 52.4 Å². The lowest BCUT2D eigenvalue weighted by atomic mass is 10.1. The van der Waals surface area contributed by atoms with E-state index in [0.29, 0.717) is 6.54 Å². The van der Waals surface area contributed by atoms with Gasteiger partial charge < -0.3 is 9.64 Å². The van der Waals surface area contributed by atoms with Crippen LogP contribution in [0.15, 0.2) is 46.8 Å². The van der Waals surface area contributed by atoms with E-state index in [2.05, 4.69) is 4.98 Å². The summed E-state index contributed by atoms with van der Waals surface area (Å²) in [6, 6.07) is 10.1. The van der Waals surface area contributed by atoms with Gasteiger partial charge in [0.25, 0.3) is 5.56 Å². The first-order valence-electron chi connectivity index (χ1n) is 8.26. The molecule has 4 rings (SSSR count). The van der Waals surface area contributed by atoms with Crippen molar-refractivity contribution in [1.82, 2.24) is 9.55 Å². The Morgan fingerprint density at radius 1 is 1.21 bits per heavy atom. The van der Waals surface area contributed by atoms with Crippen molar-refractivity contribution in [2.45, 2.75) is 6.54 Å². The van der Waals surface area contributed by atoms with Crippen LogP contribution < -0.4 is 10.5 Å². The number of ether oxygens (including phenoxy) is 1. The molecule has 3 aromatic rings. The van der Waals surface area contributed by atoms with Crippen LogP contribution in [0.5, 0.6) is 0 Å². The van der Waals surface area contributed by atoms with Crippen LogP contribution in [0.3, 0.4) is 0 Å². The summed E-state index contributed by atoms with van der Waals surface area (Å²) < 4.78 is 7.14. The van der Waals surface area contributed by atoms with Crippen LogP contribution in [-0.2, 0) is 11.3 Å². The zero-order valence-corrected chi connectivity index (χ0v) is 14.2. The Morgan fingerprint density at radius 2 is 2.00 bits per heavy atom. The molecule has 0 atom stereocenters. The van der Waals surface area contributed by atoms with E-state index >= 15 is 0 Å². The molecule has 0 radical (unpaired) electrons. The Bertz CT molecular complexity index is 882. The molecule has 1 N–H and O–H groups in total. The molecule has 0 aliphatic carbocycles. The van der Waals surface area contributed by atoms with Crippen LogP contribution in [0.25, 0.3) is 21.3 Å². The maximum atomic E-state index is 13.0. The Morgan fingerprint density at radius 3 is 2.79 bits per heavy atom. The number of thiophene rings is 1. The first-order chi connectivity index (χ1) is 11.8. The number of nitrogens with zero attached hydrogens (tertiary/aromatic N) is 2. The standard InChI is InChI=1S/C18H19N3O2S/c22-18-16-15(14-4-2-1-3-5-14)12-24-17(16)19-13-21(18)7-6-20-8-10-23-11-9-20/h1-5,12-13H,6-11H2/p+1. The van der Waals surface area contributed by atoms with E-state index in [1.165, 1.54) is 16.2 Å². The highest BCUT2D eigenvalue weighted by Crippen LogP contribution is 2.30. The highest BCUT2D eigenvalue weighted by atomic mass is 32.1. The van der Waals surface area contributed by atoms with Gasteiger partial charge >= 0.3 is 0 Å². The monoisotopic (exact) mass is 342 g/mol. The minimum Gasteiger partial charge on any atom is -0.370 e. The second-order valence-electron chi connectivity index (χ2n) is 6.05. The molecule has 1 fully saturated rings. The van der Waals surface area contributed by atoms with Gasteiger partial charge in [0, 0.05) is 10.9 Å². The fourth-order valence-electron chi connectivity index (χ4n) is 3.15. The van der Waals surface area contributed by atoms with E-state index in [4.69, 9.17) is 4.74 Å². The largest absolute Gasteiger partial charge is 0.370 e. The lowest BCUT2D eigenvalue weighted by Gasteiger charge is -2.23. The quantitative estimate of drug-likeness (QED) is 0.771. The number of benzene rings is 1. The number of quaternary nitrogens is 1. The fraction of sp³-hybridized carbons (Fsp3) is 0.333.